The first-order valence-corrected chi connectivity index (χ1v) is 7.56. The van der Waals surface area contributed by atoms with Crippen LogP contribution in [-0.4, -0.2) is 43.5 Å². The van der Waals surface area contributed by atoms with Crippen LogP contribution in [0.3, 0.4) is 0 Å². The first kappa shape index (κ1) is 16.2. The standard InChI is InChI=1S/C15H21ClFN3O/c1-18-15(21)10-20-6-4-13(5-7-20)19-9-11-8-12(16)2-3-14(11)17/h2-3,8,13,19H,4-7,9-10H2,1H3,(H,18,21). The molecule has 1 aromatic carbocycles. The smallest absolute Gasteiger partial charge is 0.233 e. The molecule has 6 heteroatoms. The van der Waals surface area contributed by atoms with Crippen molar-refractivity contribution in [3.63, 3.8) is 0 Å². The van der Waals surface area contributed by atoms with Crippen LogP contribution in [0.2, 0.25) is 5.02 Å². The Morgan fingerprint density at radius 1 is 1.43 bits per heavy atom. The minimum atomic E-state index is -0.232. The highest BCUT2D eigenvalue weighted by Gasteiger charge is 2.20. The Labute approximate surface area is 129 Å². The van der Waals surface area contributed by atoms with Gasteiger partial charge in [-0.15, -0.1) is 0 Å². The Morgan fingerprint density at radius 2 is 2.14 bits per heavy atom. The van der Waals surface area contributed by atoms with Crippen molar-refractivity contribution in [3.05, 3.63) is 34.6 Å². The monoisotopic (exact) mass is 313 g/mol. The molecule has 1 aliphatic rings. The summed E-state index contributed by atoms with van der Waals surface area (Å²) < 4.78 is 13.6. The minimum Gasteiger partial charge on any atom is -0.358 e. The van der Waals surface area contributed by atoms with Gasteiger partial charge in [0.05, 0.1) is 6.54 Å². The fourth-order valence-corrected chi connectivity index (χ4v) is 2.71. The number of carbonyl (C=O) groups is 1. The quantitative estimate of drug-likeness (QED) is 0.871. The number of piperidine rings is 1. The third-order valence-corrected chi connectivity index (χ3v) is 4.06. The van der Waals surface area contributed by atoms with Crippen molar-refractivity contribution in [1.82, 2.24) is 15.5 Å². The van der Waals surface area contributed by atoms with Crippen LogP contribution in [0.4, 0.5) is 4.39 Å². The normalized spacial score (nSPS) is 16.9. The molecule has 1 aliphatic heterocycles. The first-order valence-electron chi connectivity index (χ1n) is 7.18. The minimum absolute atomic E-state index is 0.0439. The number of benzene rings is 1. The number of halogens is 2. The molecule has 116 valence electrons. The van der Waals surface area contributed by atoms with Crippen LogP contribution in [0.1, 0.15) is 18.4 Å². The molecular weight excluding hydrogens is 293 g/mol. The molecule has 1 fully saturated rings. The molecule has 1 heterocycles. The summed E-state index contributed by atoms with van der Waals surface area (Å²) in [6.07, 6.45) is 1.92. The van der Waals surface area contributed by atoms with E-state index in [1.54, 1.807) is 19.2 Å². The van der Waals surface area contributed by atoms with Gasteiger partial charge in [0.1, 0.15) is 5.82 Å². The molecule has 0 saturated carbocycles. The lowest BCUT2D eigenvalue weighted by Gasteiger charge is -2.31. The van der Waals surface area contributed by atoms with Crippen molar-refractivity contribution in [2.75, 3.05) is 26.7 Å². The molecule has 0 atom stereocenters. The zero-order valence-electron chi connectivity index (χ0n) is 12.2. The second kappa shape index (κ2) is 7.73. The first-order chi connectivity index (χ1) is 10.1. The average Bonchev–Trinajstić information content (AvgIpc) is 2.49. The molecule has 4 nitrogen and oxygen atoms in total. The fourth-order valence-electron chi connectivity index (χ4n) is 2.51. The predicted molar refractivity (Wildman–Crippen MR) is 81.8 cm³/mol. The van der Waals surface area contributed by atoms with Crippen molar-refractivity contribution in [1.29, 1.82) is 0 Å². The predicted octanol–water partition coefficient (Wildman–Crippen LogP) is 1.78. The highest BCUT2D eigenvalue weighted by atomic mass is 35.5. The second-order valence-electron chi connectivity index (χ2n) is 5.34. The van der Waals surface area contributed by atoms with E-state index in [0.717, 1.165) is 25.9 Å². The number of likely N-dealkylation sites (tertiary alicyclic amines) is 1. The topological polar surface area (TPSA) is 44.4 Å². The number of amides is 1. The van der Waals surface area contributed by atoms with Crippen molar-refractivity contribution in [2.24, 2.45) is 0 Å². The van der Waals surface area contributed by atoms with Gasteiger partial charge in [-0.2, -0.15) is 0 Å². The summed E-state index contributed by atoms with van der Waals surface area (Å²) >= 11 is 5.88. The summed E-state index contributed by atoms with van der Waals surface area (Å²) in [6, 6.07) is 4.96. The maximum absolute atomic E-state index is 13.6. The fraction of sp³-hybridized carbons (Fsp3) is 0.533. The van der Waals surface area contributed by atoms with Crippen LogP contribution in [0.15, 0.2) is 18.2 Å². The van der Waals surface area contributed by atoms with Gasteiger partial charge in [-0.3, -0.25) is 9.69 Å². The Morgan fingerprint density at radius 3 is 2.81 bits per heavy atom. The molecule has 0 unspecified atom stereocenters. The van der Waals surface area contributed by atoms with E-state index in [1.165, 1.54) is 6.07 Å². The van der Waals surface area contributed by atoms with Crippen molar-refractivity contribution < 1.29 is 9.18 Å². The van der Waals surface area contributed by atoms with E-state index in [-0.39, 0.29) is 11.7 Å². The van der Waals surface area contributed by atoms with Crippen molar-refractivity contribution in [3.8, 4) is 0 Å². The number of nitrogens with one attached hydrogen (secondary N) is 2. The molecule has 21 heavy (non-hydrogen) atoms. The highest BCUT2D eigenvalue weighted by Crippen LogP contribution is 2.16. The van der Waals surface area contributed by atoms with Crippen LogP contribution in [-0.2, 0) is 11.3 Å². The average molecular weight is 314 g/mol. The lowest BCUT2D eigenvalue weighted by atomic mass is 10.0. The molecular formula is C15H21ClFN3O. The number of likely N-dealkylation sites (N-methyl/N-ethyl adjacent to an activating group) is 1. The Balaban J connectivity index is 1.76. The molecule has 2 rings (SSSR count). The molecule has 1 saturated heterocycles. The zero-order valence-corrected chi connectivity index (χ0v) is 12.9. The Hall–Kier alpha value is -1.17. The summed E-state index contributed by atoms with van der Waals surface area (Å²) in [4.78, 5) is 13.5. The number of nitrogens with zero attached hydrogens (tertiary/aromatic N) is 1. The van der Waals surface area contributed by atoms with Crippen LogP contribution in [0.25, 0.3) is 0 Å². The second-order valence-corrected chi connectivity index (χ2v) is 5.78. The lowest BCUT2D eigenvalue weighted by Crippen LogP contribution is -2.45. The van der Waals surface area contributed by atoms with E-state index in [9.17, 15) is 9.18 Å². The van der Waals surface area contributed by atoms with E-state index in [2.05, 4.69) is 15.5 Å². The van der Waals surface area contributed by atoms with Gasteiger partial charge < -0.3 is 10.6 Å². The van der Waals surface area contributed by atoms with Gasteiger partial charge in [-0.05, 0) is 31.0 Å². The third kappa shape index (κ3) is 4.95. The van der Waals surface area contributed by atoms with Gasteiger partial charge >= 0.3 is 0 Å². The molecule has 0 radical (unpaired) electrons. The van der Waals surface area contributed by atoms with Gasteiger partial charge in [-0.1, -0.05) is 11.6 Å². The molecule has 1 aromatic rings. The largest absolute Gasteiger partial charge is 0.358 e. The van der Waals surface area contributed by atoms with Crippen molar-refractivity contribution in [2.45, 2.75) is 25.4 Å². The number of hydrogen-bond donors (Lipinski definition) is 2. The molecule has 0 aliphatic carbocycles. The van der Waals surface area contributed by atoms with Gasteiger partial charge in [0.2, 0.25) is 5.91 Å². The van der Waals surface area contributed by atoms with E-state index < -0.39 is 0 Å². The van der Waals surface area contributed by atoms with E-state index in [1.807, 2.05) is 0 Å². The van der Waals surface area contributed by atoms with Gasteiger partial charge in [-0.25, -0.2) is 4.39 Å². The van der Waals surface area contributed by atoms with E-state index in [4.69, 9.17) is 11.6 Å². The molecule has 0 spiro atoms. The van der Waals surface area contributed by atoms with Crippen LogP contribution in [0, 0.1) is 5.82 Å². The molecule has 1 amide bonds. The highest BCUT2D eigenvalue weighted by molar-refractivity contribution is 6.30. The summed E-state index contributed by atoms with van der Waals surface area (Å²) in [5, 5.41) is 6.55. The molecule has 0 bridgehead atoms. The van der Waals surface area contributed by atoms with Gasteiger partial charge in [0.15, 0.2) is 0 Å². The summed E-state index contributed by atoms with van der Waals surface area (Å²) in [7, 11) is 1.65. The lowest BCUT2D eigenvalue weighted by molar-refractivity contribution is -0.122. The summed E-state index contributed by atoms with van der Waals surface area (Å²) in [5.74, 6) is -0.189. The molecule has 0 aromatic heterocycles. The van der Waals surface area contributed by atoms with Crippen molar-refractivity contribution >= 4 is 17.5 Å². The summed E-state index contributed by atoms with van der Waals surface area (Å²) in [6.45, 7) is 2.69. The van der Waals surface area contributed by atoms with Gasteiger partial charge in [0, 0.05) is 43.3 Å². The number of hydrogen-bond acceptors (Lipinski definition) is 3. The zero-order chi connectivity index (χ0) is 15.2. The van der Waals surface area contributed by atoms with Crippen LogP contribution < -0.4 is 10.6 Å². The van der Waals surface area contributed by atoms with Crippen LogP contribution >= 0.6 is 11.6 Å². The molecule has 2 N–H and O–H groups in total. The van der Waals surface area contributed by atoms with Gasteiger partial charge in [0.25, 0.3) is 0 Å². The Bertz CT molecular complexity index is 490. The van der Waals surface area contributed by atoms with E-state index in [0.29, 0.717) is 29.7 Å². The summed E-state index contributed by atoms with van der Waals surface area (Å²) in [5.41, 5.74) is 0.593. The number of rotatable bonds is 5. The maximum Gasteiger partial charge on any atom is 0.233 e. The van der Waals surface area contributed by atoms with E-state index >= 15 is 0 Å². The SMILES string of the molecule is CNC(=O)CN1CCC(NCc2cc(Cl)ccc2F)CC1. The maximum atomic E-state index is 13.6. The number of carbonyl (C=O) groups excluding carboxylic acids is 1. The van der Waals surface area contributed by atoms with Crippen LogP contribution in [0.5, 0.6) is 0 Å². The Kier molecular flexibility index (Phi) is 5.96. The third-order valence-electron chi connectivity index (χ3n) is 3.82.